The van der Waals surface area contributed by atoms with Crippen molar-refractivity contribution in [1.29, 1.82) is 0 Å². The summed E-state index contributed by atoms with van der Waals surface area (Å²) >= 11 is 1.78. The summed E-state index contributed by atoms with van der Waals surface area (Å²) in [5, 5.41) is 0. The zero-order valence-electron chi connectivity index (χ0n) is 15.0. The van der Waals surface area contributed by atoms with Crippen LogP contribution in [-0.4, -0.2) is 9.97 Å². The van der Waals surface area contributed by atoms with E-state index in [1.807, 2.05) is 6.20 Å². The Morgan fingerprint density at radius 2 is 1.42 bits per heavy atom. The molecule has 0 spiro atoms. The highest BCUT2D eigenvalue weighted by Crippen LogP contribution is 2.34. The number of aryl methyl sites for hydroxylation is 1. The standard InChI is InChI=1S/C21H24N2S/c1-13(2)20-21(14(3)4)23-17(12-22-20)19-11-10-18(24-19)16-8-6-15(5)7-9-16/h6-14H,1-5H3. The van der Waals surface area contributed by atoms with E-state index < -0.39 is 0 Å². The van der Waals surface area contributed by atoms with Crippen molar-refractivity contribution in [2.75, 3.05) is 0 Å². The maximum absolute atomic E-state index is 4.93. The lowest BCUT2D eigenvalue weighted by molar-refractivity contribution is 0.728. The van der Waals surface area contributed by atoms with Crippen LogP contribution in [0.4, 0.5) is 0 Å². The molecular formula is C21H24N2S. The number of benzene rings is 1. The number of thiophene rings is 1. The lowest BCUT2D eigenvalue weighted by Crippen LogP contribution is -2.05. The molecular weight excluding hydrogens is 312 g/mol. The van der Waals surface area contributed by atoms with Gasteiger partial charge in [0.15, 0.2) is 0 Å². The molecule has 2 aromatic heterocycles. The van der Waals surface area contributed by atoms with Crippen LogP contribution in [0.2, 0.25) is 0 Å². The third kappa shape index (κ3) is 3.41. The Labute approximate surface area is 148 Å². The van der Waals surface area contributed by atoms with Gasteiger partial charge in [0, 0.05) is 4.88 Å². The van der Waals surface area contributed by atoms with Crippen LogP contribution in [0.15, 0.2) is 42.6 Å². The first-order valence-electron chi connectivity index (χ1n) is 8.49. The minimum Gasteiger partial charge on any atom is -0.257 e. The van der Waals surface area contributed by atoms with E-state index >= 15 is 0 Å². The van der Waals surface area contributed by atoms with E-state index in [9.17, 15) is 0 Å². The maximum Gasteiger partial charge on any atom is 0.0988 e. The van der Waals surface area contributed by atoms with Gasteiger partial charge in [-0.1, -0.05) is 57.5 Å². The summed E-state index contributed by atoms with van der Waals surface area (Å²) in [4.78, 5) is 12.1. The van der Waals surface area contributed by atoms with Gasteiger partial charge in [0.1, 0.15) is 0 Å². The lowest BCUT2D eigenvalue weighted by atomic mass is 10.0. The van der Waals surface area contributed by atoms with Crippen molar-refractivity contribution in [2.24, 2.45) is 0 Å². The minimum atomic E-state index is 0.381. The second kappa shape index (κ2) is 6.86. The fourth-order valence-electron chi connectivity index (χ4n) is 2.75. The molecule has 3 rings (SSSR count). The summed E-state index contributed by atoms with van der Waals surface area (Å²) in [6.45, 7) is 10.8. The zero-order chi connectivity index (χ0) is 17.3. The zero-order valence-corrected chi connectivity index (χ0v) is 15.8. The summed E-state index contributed by atoms with van der Waals surface area (Å²) in [6, 6.07) is 13.0. The van der Waals surface area contributed by atoms with Crippen molar-refractivity contribution < 1.29 is 0 Å². The van der Waals surface area contributed by atoms with Crippen LogP contribution in [0.3, 0.4) is 0 Å². The van der Waals surface area contributed by atoms with Crippen molar-refractivity contribution in [3.8, 4) is 21.0 Å². The molecule has 0 saturated carbocycles. The molecule has 3 aromatic rings. The van der Waals surface area contributed by atoms with Crippen LogP contribution < -0.4 is 0 Å². The fourth-order valence-corrected chi connectivity index (χ4v) is 3.72. The van der Waals surface area contributed by atoms with E-state index in [1.54, 1.807) is 11.3 Å². The average Bonchev–Trinajstić information content (AvgIpc) is 3.04. The molecule has 0 bridgehead atoms. The molecule has 24 heavy (non-hydrogen) atoms. The van der Waals surface area contributed by atoms with Crippen molar-refractivity contribution in [3.05, 3.63) is 59.5 Å². The summed E-state index contributed by atoms with van der Waals surface area (Å²) in [5.74, 6) is 0.779. The third-order valence-electron chi connectivity index (χ3n) is 4.12. The van der Waals surface area contributed by atoms with Gasteiger partial charge in [0.25, 0.3) is 0 Å². The van der Waals surface area contributed by atoms with Crippen molar-refractivity contribution in [3.63, 3.8) is 0 Å². The molecule has 0 aliphatic carbocycles. The Hall–Kier alpha value is -2.00. The van der Waals surface area contributed by atoms with Crippen LogP contribution in [0, 0.1) is 6.92 Å². The van der Waals surface area contributed by atoms with Crippen LogP contribution in [0.1, 0.15) is 56.5 Å². The van der Waals surface area contributed by atoms with Crippen LogP contribution in [0.25, 0.3) is 21.0 Å². The fraction of sp³-hybridized carbons (Fsp3) is 0.333. The third-order valence-corrected chi connectivity index (χ3v) is 5.27. The molecule has 0 aliphatic rings. The molecule has 0 aliphatic heterocycles. The van der Waals surface area contributed by atoms with Gasteiger partial charge in [-0.25, -0.2) is 4.98 Å². The number of aromatic nitrogens is 2. The average molecular weight is 337 g/mol. The lowest BCUT2D eigenvalue weighted by Gasteiger charge is -2.14. The molecule has 0 unspecified atom stereocenters. The molecule has 0 amide bonds. The number of rotatable bonds is 4. The SMILES string of the molecule is Cc1ccc(-c2ccc(-c3cnc(C(C)C)c(C(C)C)n3)s2)cc1. The second-order valence-corrected chi connectivity index (χ2v) is 7.95. The Balaban J connectivity index is 1.98. The van der Waals surface area contributed by atoms with Gasteiger partial charge in [0.05, 0.1) is 28.2 Å². The minimum absolute atomic E-state index is 0.381. The van der Waals surface area contributed by atoms with Gasteiger partial charge in [-0.15, -0.1) is 11.3 Å². The van der Waals surface area contributed by atoms with Crippen molar-refractivity contribution >= 4 is 11.3 Å². The molecule has 124 valence electrons. The van der Waals surface area contributed by atoms with E-state index in [4.69, 9.17) is 9.97 Å². The monoisotopic (exact) mass is 336 g/mol. The van der Waals surface area contributed by atoms with Crippen molar-refractivity contribution in [1.82, 2.24) is 9.97 Å². The predicted molar refractivity (Wildman–Crippen MR) is 104 cm³/mol. The van der Waals surface area contributed by atoms with E-state index in [2.05, 4.69) is 71.0 Å². The molecule has 0 saturated heterocycles. The normalized spacial score (nSPS) is 11.5. The highest BCUT2D eigenvalue weighted by Gasteiger charge is 2.15. The summed E-state index contributed by atoms with van der Waals surface area (Å²) in [5.41, 5.74) is 5.75. The largest absolute Gasteiger partial charge is 0.257 e. The molecule has 0 atom stereocenters. The number of hydrogen-bond acceptors (Lipinski definition) is 3. The van der Waals surface area contributed by atoms with E-state index in [1.165, 1.54) is 20.9 Å². The van der Waals surface area contributed by atoms with E-state index in [-0.39, 0.29) is 0 Å². The highest BCUT2D eigenvalue weighted by atomic mass is 32.1. The van der Waals surface area contributed by atoms with Gasteiger partial charge >= 0.3 is 0 Å². The van der Waals surface area contributed by atoms with Gasteiger partial charge < -0.3 is 0 Å². The van der Waals surface area contributed by atoms with Gasteiger partial charge in [-0.2, -0.15) is 0 Å². The maximum atomic E-state index is 4.93. The van der Waals surface area contributed by atoms with E-state index in [0.29, 0.717) is 11.8 Å². The molecule has 0 fully saturated rings. The second-order valence-electron chi connectivity index (χ2n) is 6.87. The van der Waals surface area contributed by atoms with E-state index in [0.717, 1.165) is 17.1 Å². The van der Waals surface area contributed by atoms with Crippen LogP contribution in [0.5, 0.6) is 0 Å². The predicted octanol–water partition coefficient (Wildman–Crippen LogP) is 6.43. The molecule has 0 N–H and O–H groups in total. The van der Waals surface area contributed by atoms with Crippen LogP contribution >= 0.6 is 11.3 Å². The first kappa shape index (κ1) is 16.8. The smallest absolute Gasteiger partial charge is 0.0988 e. The number of nitrogens with zero attached hydrogens (tertiary/aromatic N) is 2. The Morgan fingerprint density at radius 3 is 2.04 bits per heavy atom. The summed E-state index contributed by atoms with van der Waals surface area (Å²) in [6.07, 6.45) is 1.92. The molecule has 2 nitrogen and oxygen atoms in total. The molecule has 0 radical (unpaired) electrons. The Kier molecular flexibility index (Phi) is 4.81. The van der Waals surface area contributed by atoms with Crippen LogP contribution in [-0.2, 0) is 0 Å². The van der Waals surface area contributed by atoms with Crippen molar-refractivity contribution in [2.45, 2.75) is 46.5 Å². The Morgan fingerprint density at radius 1 is 0.792 bits per heavy atom. The molecule has 3 heteroatoms. The first-order chi connectivity index (χ1) is 11.5. The van der Waals surface area contributed by atoms with Gasteiger partial charge in [0.2, 0.25) is 0 Å². The quantitative estimate of drug-likeness (QED) is 0.549. The summed E-state index contributed by atoms with van der Waals surface area (Å²) in [7, 11) is 0. The van der Waals surface area contributed by atoms with Gasteiger partial charge in [-0.05, 0) is 36.5 Å². The Bertz CT molecular complexity index is 829. The number of hydrogen-bond donors (Lipinski definition) is 0. The summed E-state index contributed by atoms with van der Waals surface area (Å²) < 4.78 is 0. The highest BCUT2D eigenvalue weighted by molar-refractivity contribution is 7.18. The molecule has 2 heterocycles. The first-order valence-corrected chi connectivity index (χ1v) is 9.31. The van der Waals surface area contributed by atoms with Gasteiger partial charge in [-0.3, -0.25) is 4.98 Å². The topological polar surface area (TPSA) is 25.8 Å². The molecule has 1 aromatic carbocycles.